The summed E-state index contributed by atoms with van der Waals surface area (Å²) in [5, 5.41) is 0. The quantitative estimate of drug-likeness (QED) is 0.626. The van der Waals surface area contributed by atoms with Gasteiger partial charge >= 0.3 is 0 Å². The zero-order valence-electron chi connectivity index (χ0n) is 8.65. The Kier molecular flexibility index (Phi) is 3.39. The van der Waals surface area contributed by atoms with E-state index in [2.05, 4.69) is 42.5 Å². The van der Waals surface area contributed by atoms with Gasteiger partial charge < -0.3 is 0 Å². The van der Waals surface area contributed by atoms with E-state index in [4.69, 9.17) is 0 Å². The van der Waals surface area contributed by atoms with Crippen molar-refractivity contribution in [1.29, 1.82) is 0 Å². The van der Waals surface area contributed by atoms with Crippen LogP contribution in [0.5, 0.6) is 0 Å². The smallest absolute Gasteiger partial charge is 0.00974 e. The van der Waals surface area contributed by atoms with Gasteiger partial charge in [-0.05, 0) is 30.7 Å². The standard InChI is InChI=1S/C14H18/c1-2-7-13(8-3-1)11-6-12-14-9-4-5-10-14/h1-3,6-8,12,14H,4-5,9-11H2. The molecule has 0 N–H and O–H groups in total. The van der Waals surface area contributed by atoms with Crippen molar-refractivity contribution in [3.63, 3.8) is 0 Å². The van der Waals surface area contributed by atoms with Gasteiger partial charge in [0.05, 0.1) is 0 Å². The Morgan fingerprint density at radius 3 is 2.50 bits per heavy atom. The van der Waals surface area contributed by atoms with Crippen LogP contribution in [0.15, 0.2) is 42.5 Å². The Morgan fingerprint density at radius 1 is 1.07 bits per heavy atom. The lowest BCUT2D eigenvalue weighted by Gasteiger charge is -2.00. The molecule has 0 heteroatoms. The molecule has 1 aromatic carbocycles. The second-order valence-corrected chi connectivity index (χ2v) is 4.16. The Bertz CT molecular complexity index is 278. The molecule has 0 heterocycles. The van der Waals surface area contributed by atoms with Crippen LogP contribution in [0.2, 0.25) is 0 Å². The molecule has 1 saturated carbocycles. The summed E-state index contributed by atoms with van der Waals surface area (Å²) in [4.78, 5) is 0. The van der Waals surface area contributed by atoms with Crippen LogP contribution in [-0.4, -0.2) is 0 Å². The fraction of sp³-hybridized carbons (Fsp3) is 0.429. The van der Waals surface area contributed by atoms with E-state index in [0.29, 0.717) is 0 Å². The lowest BCUT2D eigenvalue weighted by atomic mass is 10.1. The summed E-state index contributed by atoms with van der Waals surface area (Å²) in [7, 11) is 0. The molecular formula is C14H18. The second kappa shape index (κ2) is 4.99. The van der Waals surface area contributed by atoms with E-state index >= 15 is 0 Å². The van der Waals surface area contributed by atoms with Crippen molar-refractivity contribution in [3.8, 4) is 0 Å². The molecule has 0 spiro atoms. The summed E-state index contributed by atoms with van der Waals surface area (Å²) < 4.78 is 0. The molecule has 0 unspecified atom stereocenters. The van der Waals surface area contributed by atoms with Crippen LogP contribution in [0.4, 0.5) is 0 Å². The highest BCUT2D eigenvalue weighted by Crippen LogP contribution is 2.25. The van der Waals surface area contributed by atoms with Crippen LogP contribution < -0.4 is 0 Å². The van der Waals surface area contributed by atoms with E-state index in [1.807, 2.05) is 0 Å². The molecule has 1 aliphatic carbocycles. The van der Waals surface area contributed by atoms with E-state index < -0.39 is 0 Å². The van der Waals surface area contributed by atoms with Gasteiger partial charge in [-0.1, -0.05) is 55.3 Å². The largest absolute Gasteiger partial charge is 0.0851 e. The van der Waals surface area contributed by atoms with Crippen LogP contribution in [-0.2, 0) is 6.42 Å². The zero-order chi connectivity index (χ0) is 9.64. The summed E-state index contributed by atoms with van der Waals surface area (Å²) in [5.41, 5.74) is 1.42. The van der Waals surface area contributed by atoms with Crippen molar-refractivity contribution in [2.24, 2.45) is 5.92 Å². The zero-order valence-corrected chi connectivity index (χ0v) is 8.65. The number of hydrogen-bond acceptors (Lipinski definition) is 0. The Labute approximate surface area is 86.7 Å². The fourth-order valence-corrected chi connectivity index (χ4v) is 2.16. The van der Waals surface area contributed by atoms with Gasteiger partial charge in [0.15, 0.2) is 0 Å². The molecule has 0 amide bonds. The summed E-state index contributed by atoms with van der Waals surface area (Å²) in [5.74, 6) is 0.874. The predicted molar refractivity (Wildman–Crippen MR) is 61.2 cm³/mol. The van der Waals surface area contributed by atoms with Crippen LogP contribution >= 0.6 is 0 Å². The third-order valence-electron chi connectivity index (χ3n) is 3.00. The van der Waals surface area contributed by atoms with E-state index in [1.54, 1.807) is 0 Å². The first kappa shape index (κ1) is 9.51. The number of rotatable bonds is 3. The van der Waals surface area contributed by atoms with E-state index in [9.17, 15) is 0 Å². The minimum atomic E-state index is 0.874. The summed E-state index contributed by atoms with van der Waals surface area (Å²) in [6.45, 7) is 0. The highest BCUT2D eigenvalue weighted by molar-refractivity contribution is 5.17. The fourth-order valence-electron chi connectivity index (χ4n) is 2.16. The van der Waals surface area contributed by atoms with Crippen molar-refractivity contribution >= 4 is 0 Å². The minimum absolute atomic E-state index is 0.874. The van der Waals surface area contributed by atoms with Crippen molar-refractivity contribution in [2.75, 3.05) is 0 Å². The predicted octanol–water partition coefficient (Wildman–Crippen LogP) is 3.98. The lowest BCUT2D eigenvalue weighted by Crippen LogP contribution is -1.86. The minimum Gasteiger partial charge on any atom is -0.0851 e. The Morgan fingerprint density at radius 2 is 1.79 bits per heavy atom. The van der Waals surface area contributed by atoms with E-state index in [0.717, 1.165) is 12.3 Å². The van der Waals surface area contributed by atoms with Gasteiger partial charge in [0.2, 0.25) is 0 Å². The van der Waals surface area contributed by atoms with Crippen LogP contribution in [0, 0.1) is 5.92 Å². The molecule has 2 rings (SSSR count). The molecule has 0 nitrogen and oxygen atoms in total. The summed E-state index contributed by atoms with van der Waals surface area (Å²) >= 11 is 0. The molecule has 1 aliphatic rings. The molecule has 0 aliphatic heterocycles. The summed E-state index contributed by atoms with van der Waals surface area (Å²) in [6.07, 6.45) is 11.5. The van der Waals surface area contributed by atoms with E-state index in [1.165, 1.54) is 31.2 Å². The molecule has 74 valence electrons. The molecule has 0 bridgehead atoms. The molecule has 0 saturated heterocycles. The van der Waals surface area contributed by atoms with Crippen molar-refractivity contribution < 1.29 is 0 Å². The number of allylic oxidation sites excluding steroid dienone is 2. The lowest BCUT2D eigenvalue weighted by molar-refractivity contribution is 0.684. The molecule has 14 heavy (non-hydrogen) atoms. The number of benzene rings is 1. The molecule has 0 radical (unpaired) electrons. The first-order valence-electron chi connectivity index (χ1n) is 5.66. The van der Waals surface area contributed by atoms with Crippen LogP contribution in [0.3, 0.4) is 0 Å². The average molecular weight is 186 g/mol. The van der Waals surface area contributed by atoms with E-state index in [-0.39, 0.29) is 0 Å². The van der Waals surface area contributed by atoms with Gasteiger partial charge in [-0.15, -0.1) is 0 Å². The Hall–Kier alpha value is -1.04. The van der Waals surface area contributed by atoms with Crippen molar-refractivity contribution in [2.45, 2.75) is 32.1 Å². The third-order valence-corrected chi connectivity index (χ3v) is 3.00. The summed E-state index contributed by atoms with van der Waals surface area (Å²) in [6, 6.07) is 10.7. The SMILES string of the molecule is C(=CC1CCCC1)Cc1ccccc1. The van der Waals surface area contributed by atoms with Crippen molar-refractivity contribution in [1.82, 2.24) is 0 Å². The average Bonchev–Trinajstić information content (AvgIpc) is 2.72. The topological polar surface area (TPSA) is 0 Å². The highest BCUT2D eigenvalue weighted by atomic mass is 14.2. The maximum atomic E-state index is 2.42. The second-order valence-electron chi connectivity index (χ2n) is 4.16. The van der Waals surface area contributed by atoms with Crippen LogP contribution in [0.1, 0.15) is 31.2 Å². The first-order chi connectivity index (χ1) is 6.95. The normalized spacial score (nSPS) is 18.0. The molecule has 0 aromatic heterocycles. The van der Waals surface area contributed by atoms with Gasteiger partial charge in [0.1, 0.15) is 0 Å². The third kappa shape index (κ3) is 2.73. The monoisotopic (exact) mass is 186 g/mol. The first-order valence-corrected chi connectivity index (χ1v) is 5.66. The maximum Gasteiger partial charge on any atom is -0.00974 e. The molecular weight excluding hydrogens is 168 g/mol. The van der Waals surface area contributed by atoms with Crippen LogP contribution in [0.25, 0.3) is 0 Å². The molecule has 0 atom stereocenters. The van der Waals surface area contributed by atoms with Gasteiger partial charge in [-0.25, -0.2) is 0 Å². The molecule has 1 aromatic rings. The van der Waals surface area contributed by atoms with Gasteiger partial charge in [-0.2, -0.15) is 0 Å². The number of hydrogen-bond donors (Lipinski definition) is 0. The van der Waals surface area contributed by atoms with Crippen molar-refractivity contribution in [3.05, 3.63) is 48.0 Å². The highest BCUT2D eigenvalue weighted by Gasteiger charge is 2.10. The van der Waals surface area contributed by atoms with Gasteiger partial charge in [-0.3, -0.25) is 0 Å². The maximum absolute atomic E-state index is 2.42. The Balaban J connectivity index is 1.81. The molecule has 1 fully saturated rings. The van der Waals surface area contributed by atoms with Gasteiger partial charge in [0, 0.05) is 0 Å². The van der Waals surface area contributed by atoms with Gasteiger partial charge in [0.25, 0.3) is 0 Å².